The van der Waals surface area contributed by atoms with Crippen molar-refractivity contribution in [2.24, 2.45) is 0 Å². The summed E-state index contributed by atoms with van der Waals surface area (Å²) in [7, 11) is 0. The molecule has 0 unspecified atom stereocenters. The van der Waals surface area contributed by atoms with Crippen LogP contribution in [-0.2, 0) is 11.3 Å². The fourth-order valence-electron chi connectivity index (χ4n) is 2.49. The van der Waals surface area contributed by atoms with Crippen molar-refractivity contribution in [3.8, 4) is 0 Å². The first-order valence-corrected chi connectivity index (χ1v) is 9.48. The van der Waals surface area contributed by atoms with Gasteiger partial charge in [-0.15, -0.1) is 11.8 Å². The molecule has 1 amide bonds. The Morgan fingerprint density at radius 3 is 2.75 bits per heavy atom. The number of nitrogens with one attached hydrogen (secondary N) is 1. The normalized spacial score (nSPS) is 10.9. The van der Waals surface area contributed by atoms with E-state index in [4.69, 9.17) is 0 Å². The van der Waals surface area contributed by atoms with Gasteiger partial charge in [0.05, 0.1) is 11.0 Å². The van der Waals surface area contributed by atoms with Crippen molar-refractivity contribution in [2.75, 3.05) is 12.3 Å². The van der Waals surface area contributed by atoms with Gasteiger partial charge in [0.25, 0.3) is 0 Å². The molecule has 3 rings (SSSR count). The highest BCUT2D eigenvalue weighted by atomic mass is 79.9. The third-order valence-corrected chi connectivity index (χ3v) is 5.20. The van der Waals surface area contributed by atoms with Crippen LogP contribution >= 0.6 is 27.7 Å². The first-order valence-electron chi connectivity index (χ1n) is 7.70. The molecule has 4 nitrogen and oxygen atoms in total. The number of amides is 1. The zero-order valence-corrected chi connectivity index (χ0v) is 15.7. The molecule has 124 valence electrons. The predicted molar refractivity (Wildman–Crippen MR) is 102 cm³/mol. The monoisotopic (exact) mass is 403 g/mol. The summed E-state index contributed by atoms with van der Waals surface area (Å²) in [5, 5.41) is 2.98. The molecule has 0 spiro atoms. The zero-order valence-electron chi connectivity index (χ0n) is 13.3. The third kappa shape index (κ3) is 4.19. The van der Waals surface area contributed by atoms with Gasteiger partial charge in [-0.05, 0) is 43.3 Å². The molecule has 0 aliphatic rings. The highest BCUT2D eigenvalue weighted by Crippen LogP contribution is 2.20. The van der Waals surface area contributed by atoms with E-state index in [1.807, 2.05) is 47.9 Å². The second-order valence-corrected chi connectivity index (χ2v) is 7.47. The number of imidazole rings is 1. The van der Waals surface area contributed by atoms with Crippen molar-refractivity contribution in [2.45, 2.75) is 18.4 Å². The summed E-state index contributed by atoms with van der Waals surface area (Å²) in [5.41, 5.74) is 1.92. The first-order chi connectivity index (χ1) is 11.6. The predicted octanol–water partition coefficient (Wildman–Crippen LogP) is 4.02. The number of carbonyl (C=O) groups is 1. The Bertz CT molecular complexity index is 845. The van der Waals surface area contributed by atoms with E-state index in [0.29, 0.717) is 13.1 Å². The van der Waals surface area contributed by atoms with Gasteiger partial charge in [0.2, 0.25) is 5.91 Å². The summed E-state index contributed by atoms with van der Waals surface area (Å²) >= 11 is 5.15. The van der Waals surface area contributed by atoms with Crippen LogP contribution in [0.1, 0.15) is 5.82 Å². The summed E-state index contributed by atoms with van der Waals surface area (Å²) in [6, 6.07) is 16.1. The second kappa shape index (κ2) is 7.85. The molecule has 1 N–H and O–H groups in total. The Hall–Kier alpha value is -1.79. The Kier molecular flexibility index (Phi) is 5.58. The van der Waals surface area contributed by atoms with E-state index in [-0.39, 0.29) is 5.91 Å². The lowest BCUT2D eigenvalue weighted by Gasteiger charge is -2.08. The van der Waals surface area contributed by atoms with E-state index < -0.39 is 0 Å². The smallest absolute Gasteiger partial charge is 0.240 e. The summed E-state index contributed by atoms with van der Waals surface area (Å²) in [5.74, 6) is 1.71. The largest absolute Gasteiger partial charge is 0.354 e. The van der Waals surface area contributed by atoms with Crippen LogP contribution in [0.15, 0.2) is 57.9 Å². The van der Waals surface area contributed by atoms with Gasteiger partial charge in [-0.25, -0.2) is 4.98 Å². The number of aryl methyl sites for hydroxylation is 1. The van der Waals surface area contributed by atoms with Crippen molar-refractivity contribution in [3.05, 3.63) is 58.8 Å². The number of carbonyl (C=O) groups excluding carboxylic acids is 1. The molecule has 0 fully saturated rings. The van der Waals surface area contributed by atoms with Gasteiger partial charge in [0, 0.05) is 21.7 Å². The summed E-state index contributed by atoms with van der Waals surface area (Å²) in [6.07, 6.45) is 0. The van der Waals surface area contributed by atoms with Crippen LogP contribution in [0.5, 0.6) is 0 Å². The maximum absolute atomic E-state index is 12.2. The molecule has 0 bridgehead atoms. The third-order valence-electron chi connectivity index (χ3n) is 3.65. The van der Waals surface area contributed by atoms with E-state index in [9.17, 15) is 4.79 Å². The summed E-state index contributed by atoms with van der Waals surface area (Å²) < 4.78 is 3.02. The maximum Gasteiger partial charge on any atom is 0.240 e. The van der Waals surface area contributed by atoms with Crippen LogP contribution in [-0.4, -0.2) is 27.8 Å². The maximum atomic E-state index is 12.2. The Morgan fingerprint density at radius 2 is 1.96 bits per heavy atom. The number of benzene rings is 2. The van der Waals surface area contributed by atoms with Gasteiger partial charge >= 0.3 is 0 Å². The molecule has 24 heavy (non-hydrogen) atoms. The van der Waals surface area contributed by atoms with E-state index in [2.05, 4.69) is 38.4 Å². The van der Waals surface area contributed by atoms with Crippen molar-refractivity contribution < 1.29 is 4.79 Å². The van der Waals surface area contributed by atoms with Gasteiger partial charge in [0.15, 0.2) is 0 Å². The van der Waals surface area contributed by atoms with E-state index in [1.54, 1.807) is 11.8 Å². The van der Waals surface area contributed by atoms with E-state index in [0.717, 1.165) is 27.1 Å². The average molecular weight is 404 g/mol. The van der Waals surface area contributed by atoms with E-state index in [1.165, 1.54) is 4.90 Å². The Balaban J connectivity index is 1.50. The minimum Gasteiger partial charge on any atom is -0.354 e. The standard InChI is InChI=1S/C18H18BrN3OS/c1-13-21-16-4-2-3-5-17(16)22(13)12-18(23)20-10-11-24-15-8-6-14(19)7-9-15/h2-9H,10-12H2,1H3,(H,20,23). The number of hydrogen-bond acceptors (Lipinski definition) is 3. The lowest BCUT2D eigenvalue weighted by molar-refractivity contribution is -0.121. The molecule has 3 aromatic rings. The quantitative estimate of drug-likeness (QED) is 0.499. The number of fused-ring (bicyclic) bond motifs is 1. The van der Waals surface area contributed by atoms with Crippen LogP contribution < -0.4 is 5.32 Å². The van der Waals surface area contributed by atoms with E-state index >= 15 is 0 Å². The molecule has 1 heterocycles. The number of thioether (sulfide) groups is 1. The fraction of sp³-hybridized carbons (Fsp3) is 0.222. The molecule has 0 radical (unpaired) electrons. The molecule has 6 heteroatoms. The van der Waals surface area contributed by atoms with Gasteiger partial charge < -0.3 is 9.88 Å². The highest BCUT2D eigenvalue weighted by Gasteiger charge is 2.10. The molecule has 0 saturated carbocycles. The molecular weight excluding hydrogens is 386 g/mol. The first kappa shape index (κ1) is 17.0. The van der Waals surface area contributed by atoms with Crippen LogP contribution in [0.25, 0.3) is 11.0 Å². The Labute approximate surface area is 153 Å². The lowest BCUT2D eigenvalue weighted by Crippen LogP contribution is -2.29. The fourth-order valence-corrected chi connectivity index (χ4v) is 3.52. The molecule has 0 aliphatic heterocycles. The Morgan fingerprint density at radius 1 is 1.21 bits per heavy atom. The molecule has 2 aromatic carbocycles. The number of aromatic nitrogens is 2. The minimum absolute atomic E-state index is 0.0117. The second-order valence-electron chi connectivity index (χ2n) is 5.39. The SMILES string of the molecule is Cc1nc2ccccc2n1CC(=O)NCCSc1ccc(Br)cc1. The van der Waals surface area contributed by atoms with Crippen molar-refractivity contribution in [1.82, 2.24) is 14.9 Å². The number of rotatable bonds is 6. The van der Waals surface area contributed by atoms with Gasteiger partial charge in [-0.3, -0.25) is 4.79 Å². The average Bonchev–Trinajstić information content (AvgIpc) is 2.89. The lowest BCUT2D eigenvalue weighted by atomic mass is 10.3. The number of halogens is 1. The zero-order chi connectivity index (χ0) is 16.9. The molecular formula is C18H18BrN3OS. The van der Waals surface area contributed by atoms with Crippen LogP contribution in [0.3, 0.4) is 0 Å². The topological polar surface area (TPSA) is 46.9 Å². The van der Waals surface area contributed by atoms with Crippen molar-refractivity contribution in [3.63, 3.8) is 0 Å². The summed E-state index contributed by atoms with van der Waals surface area (Å²) in [6.45, 7) is 2.87. The van der Waals surface area contributed by atoms with Crippen LogP contribution in [0.4, 0.5) is 0 Å². The van der Waals surface area contributed by atoms with Crippen LogP contribution in [0.2, 0.25) is 0 Å². The molecule has 0 saturated heterocycles. The number of hydrogen-bond donors (Lipinski definition) is 1. The minimum atomic E-state index is 0.0117. The summed E-state index contributed by atoms with van der Waals surface area (Å²) in [4.78, 5) is 17.9. The highest BCUT2D eigenvalue weighted by molar-refractivity contribution is 9.10. The van der Waals surface area contributed by atoms with Crippen LogP contribution in [0, 0.1) is 6.92 Å². The molecule has 0 aliphatic carbocycles. The van der Waals surface area contributed by atoms with Gasteiger partial charge in [0.1, 0.15) is 12.4 Å². The van der Waals surface area contributed by atoms with Crippen molar-refractivity contribution >= 4 is 44.6 Å². The van der Waals surface area contributed by atoms with Crippen molar-refractivity contribution in [1.29, 1.82) is 0 Å². The number of nitrogens with zero attached hydrogens (tertiary/aromatic N) is 2. The van der Waals surface area contributed by atoms with Gasteiger partial charge in [-0.1, -0.05) is 28.1 Å². The molecule has 0 atom stereocenters. The molecule has 1 aromatic heterocycles. The van der Waals surface area contributed by atoms with Gasteiger partial charge in [-0.2, -0.15) is 0 Å². The number of para-hydroxylation sites is 2.